The highest BCUT2D eigenvalue weighted by molar-refractivity contribution is 5.27. The van der Waals surface area contributed by atoms with E-state index in [0.29, 0.717) is 0 Å². The lowest BCUT2D eigenvalue weighted by molar-refractivity contribution is 0.667. The van der Waals surface area contributed by atoms with Crippen molar-refractivity contribution in [1.29, 1.82) is 0 Å². The Hall–Kier alpha value is -1.74. The van der Waals surface area contributed by atoms with Crippen molar-refractivity contribution in [2.45, 2.75) is 13.0 Å². The smallest absolute Gasteiger partial charge is 0.0764 e. The van der Waals surface area contributed by atoms with Crippen molar-refractivity contribution in [2.24, 2.45) is 0 Å². The second-order valence-corrected chi connectivity index (χ2v) is 3.77. The lowest BCUT2D eigenvalue weighted by Crippen LogP contribution is -2.19. The van der Waals surface area contributed by atoms with Gasteiger partial charge in [0, 0.05) is 18.6 Å². The van der Waals surface area contributed by atoms with Crippen LogP contribution >= 0.6 is 0 Å². The summed E-state index contributed by atoms with van der Waals surface area (Å²) in [6, 6.07) is 8.17. The molecule has 0 saturated heterocycles. The maximum Gasteiger partial charge on any atom is 0.0764 e. The van der Waals surface area contributed by atoms with Crippen LogP contribution in [0.2, 0.25) is 0 Å². The van der Waals surface area contributed by atoms with Gasteiger partial charge in [0.05, 0.1) is 11.7 Å². The molecule has 1 atom stereocenters. The molecule has 0 radical (unpaired) electrons. The molecule has 0 aliphatic carbocycles. The predicted molar refractivity (Wildman–Crippen MR) is 64.1 cm³/mol. The van der Waals surface area contributed by atoms with Crippen molar-refractivity contribution in [3.63, 3.8) is 0 Å². The van der Waals surface area contributed by atoms with Crippen molar-refractivity contribution in [3.05, 3.63) is 59.7 Å². The third kappa shape index (κ3) is 2.25. The molecule has 0 spiro atoms. The van der Waals surface area contributed by atoms with Crippen molar-refractivity contribution in [1.82, 2.24) is 15.3 Å². The van der Waals surface area contributed by atoms with Crippen molar-refractivity contribution in [3.8, 4) is 0 Å². The Labute approximate surface area is 95.6 Å². The molecule has 0 aliphatic rings. The number of rotatable bonds is 3. The van der Waals surface area contributed by atoms with Crippen molar-refractivity contribution >= 4 is 0 Å². The van der Waals surface area contributed by atoms with E-state index in [9.17, 15) is 0 Å². The summed E-state index contributed by atoms with van der Waals surface area (Å²) >= 11 is 0. The minimum atomic E-state index is 0.105. The maximum absolute atomic E-state index is 4.37. The Balaban J connectivity index is 2.37. The van der Waals surface area contributed by atoms with Gasteiger partial charge in [0.15, 0.2) is 0 Å². The Bertz CT molecular complexity index is 454. The lowest BCUT2D eigenvalue weighted by atomic mass is 10.0. The Kier molecular flexibility index (Phi) is 3.27. The topological polar surface area (TPSA) is 37.8 Å². The van der Waals surface area contributed by atoms with E-state index in [1.807, 2.05) is 50.8 Å². The second-order valence-electron chi connectivity index (χ2n) is 3.77. The first-order valence-electron chi connectivity index (χ1n) is 5.31. The van der Waals surface area contributed by atoms with Gasteiger partial charge in [-0.3, -0.25) is 9.97 Å². The van der Waals surface area contributed by atoms with E-state index >= 15 is 0 Å². The first-order valence-corrected chi connectivity index (χ1v) is 5.31. The van der Waals surface area contributed by atoms with Crippen LogP contribution in [0.1, 0.15) is 22.9 Å². The van der Waals surface area contributed by atoms with Gasteiger partial charge in [0.25, 0.3) is 0 Å². The molecule has 0 aromatic carbocycles. The molecule has 1 unspecified atom stereocenters. The van der Waals surface area contributed by atoms with Crippen LogP contribution < -0.4 is 5.32 Å². The average molecular weight is 213 g/mol. The molecule has 82 valence electrons. The van der Waals surface area contributed by atoms with Crippen LogP contribution in [0.5, 0.6) is 0 Å². The molecule has 2 aromatic heterocycles. The first kappa shape index (κ1) is 10.8. The lowest BCUT2D eigenvalue weighted by Gasteiger charge is -2.15. The van der Waals surface area contributed by atoms with Gasteiger partial charge in [0.1, 0.15) is 0 Å². The molecular formula is C13H15N3. The van der Waals surface area contributed by atoms with Crippen LogP contribution in [0.25, 0.3) is 0 Å². The van der Waals surface area contributed by atoms with Crippen molar-refractivity contribution in [2.75, 3.05) is 7.05 Å². The molecule has 0 aliphatic heterocycles. The monoisotopic (exact) mass is 213 g/mol. The molecule has 2 rings (SSSR count). The largest absolute Gasteiger partial charge is 0.308 e. The van der Waals surface area contributed by atoms with Crippen LogP contribution in [-0.4, -0.2) is 17.0 Å². The second kappa shape index (κ2) is 4.86. The summed E-state index contributed by atoms with van der Waals surface area (Å²) in [4.78, 5) is 8.58. The minimum absolute atomic E-state index is 0.105. The van der Waals surface area contributed by atoms with Crippen molar-refractivity contribution < 1.29 is 0 Å². The summed E-state index contributed by atoms with van der Waals surface area (Å²) in [6.07, 6.45) is 5.54. The predicted octanol–water partition coefficient (Wildman–Crippen LogP) is 2.09. The number of hydrogen-bond acceptors (Lipinski definition) is 3. The number of nitrogens with zero attached hydrogens (tertiary/aromatic N) is 2. The molecule has 3 nitrogen and oxygen atoms in total. The zero-order valence-electron chi connectivity index (χ0n) is 9.51. The molecule has 0 saturated carbocycles. The van der Waals surface area contributed by atoms with E-state index in [2.05, 4.69) is 21.4 Å². The standard InChI is InChI=1S/C13H15N3/c1-10-7-11(9-15-8-10)13(14-2)12-5-3-4-6-16-12/h3-9,13-14H,1-2H3. The van der Waals surface area contributed by atoms with Gasteiger partial charge >= 0.3 is 0 Å². The molecule has 3 heteroatoms. The zero-order chi connectivity index (χ0) is 11.4. The molecule has 0 bridgehead atoms. The maximum atomic E-state index is 4.37. The molecule has 1 N–H and O–H groups in total. The summed E-state index contributed by atoms with van der Waals surface area (Å²) in [5.41, 5.74) is 3.31. The van der Waals surface area contributed by atoms with Crippen LogP contribution in [0, 0.1) is 6.92 Å². The molecular weight excluding hydrogens is 198 g/mol. The van der Waals surface area contributed by atoms with Gasteiger partial charge in [-0.25, -0.2) is 0 Å². The molecule has 16 heavy (non-hydrogen) atoms. The summed E-state index contributed by atoms with van der Waals surface area (Å²) in [6.45, 7) is 2.04. The van der Waals surface area contributed by atoms with Gasteiger partial charge in [0.2, 0.25) is 0 Å². The summed E-state index contributed by atoms with van der Waals surface area (Å²) in [5, 5.41) is 3.26. The highest BCUT2D eigenvalue weighted by Crippen LogP contribution is 2.19. The van der Waals surface area contributed by atoms with E-state index in [-0.39, 0.29) is 6.04 Å². The van der Waals surface area contributed by atoms with E-state index in [1.165, 1.54) is 0 Å². The van der Waals surface area contributed by atoms with E-state index in [0.717, 1.165) is 16.8 Å². The average Bonchev–Trinajstić information content (AvgIpc) is 2.31. The summed E-state index contributed by atoms with van der Waals surface area (Å²) in [5.74, 6) is 0. The molecule has 0 amide bonds. The van der Waals surface area contributed by atoms with Crippen LogP contribution in [0.15, 0.2) is 42.9 Å². The highest BCUT2D eigenvalue weighted by atomic mass is 14.9. The van der Waals surface area contributed by atoms with Gasteiger partial charge < -0.3 is 5.32 Å². The minimum Gasteiger partial charge on any atom is -0.308 e. The van der Waals surface area contributed by atoms with Gasteiger partial charge in [-0.05, 0) is 37.2 Å². The third-order valence-electron chi connectivity index (χ3n) is 2.50. The van der Waals surface area contributed by atoms with Crippen LogP contribution in [0.4, 0.5) is 0 Å². The summed E-state index contributed by atoms with van der Waals surface area (Å²) in [7, 11) is 1.93. The number of pyridine rings is 2. The number of nitrogens with one attached hydrogen (secondary N) is 1. The Morgan fingerprint density at radius 1 is 1.25 bits per heavy atom. The third-order valence-corrected chi connectivity index (χ3v) is 2.50. The zero-order valence-corrected chi connectivity index (χ0v) is 9.51. The Morgan fingerprint density at radius 3 is 2.75 bits per heavy atom. The number of hydrogen-bond donors (Lipinski definition) is 1. The molecule has 2 heterocycles. The van der Waals surface area contributed by atoms with Crippen LogP contribution in [-0.2, 0) is 0 Å². The number of aromatic nitrogens is 2. The molecule has 0 fully saturated rings. The SMILES string of the molecule is CNC(c1cncc(C)c1)c1ccccn1. The van der Waals surface area contributed by atoms with E-state index in [1.54, 1.807) is 0 Å². The van der Waals surface area contributed by atoms with E-state index in [4.69, 9.17) is 0 Å². The fourth-order valence-electron chi connectivity index (χ4n) is 1.77. The normalized spacial score (nSPS) is 12.4. The van der Waals surface area contributed by atoms with Gasteiger partial charge in [-0.2, -0.15) is 0 Å². The first-order chi connectivity index (χ1) is 7.81. The highest BCUT2D eigenvalue weighted by Gasteiger charge is 2.12. The quantitative estimate of drug-likeness (QED) is 0.848. The van der Waals surface area contributed by atoms with E-state index < -0.39 is 0 Å². The van der Waals surface area contributed by atoms with Gasteiger partial charge in [-0.15, -0.1) is 0 Å². The summed E-state index contributed by atoms with van der Waals surface area (Å²) < 4.78 is 0. The Morgan fingerprint density at radius 2 is 2.12 bits per heavy atom. The fraction of sp³-hybridized carbons (Fsp3) is 0.231. The molecule has 2 aromatic rings. The van der Waals surface area contributed by atoms with Crippen LogP contribution in [0.3, 0.4) is 0 Å². The van der Waals surface area contributed by atoms with Gasteiger partial charge in [-0.1, -0.05) is 12.1 Å². The number of aryl methyl sites for hydroxylation is 1. The fourth-order valence-corrected chi connectivity index (χ4v) is 1.77.